The maximum Gasteiger partial charge on any atom is 0.183 e. The molecule has 0 fully saturated rings. The SMILES string of the molecule is CCC(C)CC(C)Nc1nc(Br)cs1. The first kappa shape index (κ1) is 12.0. The fourth-order valence-corrected chi connectivity index (χ4v) is 2.62. The van der Waals surface area contributed by atoms with Gasteiger partial charge in [0.2, 0.25) is 0 Å². The lowest BCUT2D eigenvalue weighted by Gasteiger charge is -2.16. The Morgan fingerprint density at radius 1 is 1.57 bits per heavy atom. The van der Waals surface area contributed by atoms with Gasteiger partial charge in [0.05, 0.1) is 0 Å². The molecule has 1 N–H and O–H groups in total. The second kappa shape index (κ2) is 5.71. The minimum atomic E-state index is 0.503. The number of aromatic nitrogens is 1. The molecule has 4 heteroatoms. The summed E-state index contributed by atoms with van der Waals surface area (Å²) < 4.78 is 0.917. The highest BCUT2D eigenvalue weighted by Crippen LogP contribution is 2.21. The molecule has 0 spiro atoms. The molecule has 0 aliphatic heterocycles. The number of nitrogens with one attached hydrogen (secondary N) is 1. The van der Waals surface area contributed by atoms with Crippen molar-refractivity contribution in [3.8, 4) is 0 Å². The molecule has 0 saturated heterocycles. The molecule has 1 aromatic heterocycles. The molecule has 1 rings (SSSR count). The van der Waals surface area contributed by atoms with Crippen molar-refractivity contribution in [2.75, 3.05) is 5.32 Å². The largest absolute Gasteiger partial charge is 0.359 e. The molecule has 0 aliphatic rings. The Morgan fingerprint density at radius 3 is 2.79 bits per heavy atom. The molecule has 14 heavy (non-hydrogen) atoms. The standard InChI is InChI=1S/C10H17BrN2S/c1-4-7(2)5-8(3)12-10-13-9(11)6-14-10/h6-8H,4-5H2,1-3H3,(H,12,13). The lowest BCUT2D eigenvalue weighted by molar-refractivity contribution is 0.483. The van der Waals surface area contributed by atoms with Gasteiger partial charge in [-0.3, -0.25) is 0 Å². The van der Waals surface area contributed by atoms with Crippen molar-refractivity contribution >= 4 is 32.4 Å². The number of hydrogen-bond acceptors (Lipinski definition) is 3. The van der Waals surface area contributed by atoms with E-state index in [1.54, 1.807) is 11.3 Å². The van der Waals surface area contributed by atoms with Crippen LogP contribution in [0.25, 0.3) is 0 Å². The summed E-state index contributed by atoms with van der Waals surface area (Å²) in [7, 11) is 0. The van der Waals surface area contributed by atoms with Crippen LogP contribution in [-0.4, -0.2) is 11.0 Å². The van der Waals surface area contributed by atoms with Gasteiger partial charge >= 0.3 is 0 Å². The van der Waals surface area contributed by atoms with Crippen molar-refractivity contribution in [1.82, 2.24) is 4.98 Å². The van der Waals surface area contributed by atoms with Crippen LogP contribution in [0.1, 0.15) is 33.6 Å². The van der Waals surface area contributed by atoms with Crippen LogP contribution in [-0.2, 0) is 0 Å². The highest BCUT2D eigenvalue weighted by molar-refractivity contribution is 9.10. The maximum absolute atomic E-state index is 4.31. The fraction of sp³-hybridized carbons (Fsp3) is 0.700. The number of nitrogens with zero attached hydrogens (tertiary/aromatic N) is 1. The zero-order valence-electron chi connectivity index (χ0n) is 8.88. The van der Waals surface area contributed by atoms with Gasteiger partial charge in [-0.15, -0.1) is 11.3 Å². The third-order valence-corrected chi connectivity index (χ3v) is 3.78. The molecule has 0 bridgehead atoms. The quantitative estimate of drug-likeness (QED) is 0.874. The van der Waals surface area contributed by atoms with E-state index in [0.29, 0.717) is 6.04 Å². The van der Waals surface area contributed by atoms with E-state index in [-0.39, 0.29) is 0 Å². The Labute approximate surface area is 98.3 Å². The molecule has 2 atom stereocenters. The van der Waals surface area contributed by atoms with E-state index in [4.69, 9.17) is 0 Å². The lowest BCUT2D eigenvalue weighted by Crippen LogP contribution is -2.17. The summed E-state index contributed by atoms with van der Waals surface area (Å²) in [5, 5.41) is 6.41. The van der Waals surface area contributed by atoms with Gasteiger partial charge in [0.25, 0.3) is 0 Å². The molecule has 2 nitrogen and oxygen atoms in total. The first-order chi connectivity index (χ1) is 6.61. The minimum Gasteiger partial charge on any atom is -0.359 e. The summed E-state index contributed by atoms with van der Waals surface area (Å²) in [5.74, 6) is 0.779. The van der Waals surface area contributed by atoms with Gasteiger partial charge in [-0.1, -0.05) is 20.3 Å². The topological polar surface area (TPSA) is 24.9 Å². The summed E-state index contributed by atoms with van der Waals surface area (Å²) >= 11 is 4.99. The summed E-state index contributed by atoms with van der Waals surface area (Å²) in [6.45, 7) is 6.73. The number of hydrogen-bond donors (Lipinski definition) is 1. The minimum absolute atomic E-state index is 0.503. The van der Waals surface area contributed by atoms with Crippen LogP contribution >= 0.6 is 27.3 Å². The van der Waals surface area contributed by atoms with Crippen molar-refractivity contribution in [3.05, 3.63) is 9.98 Å². The van der Waals surface area contributed by atoms with Crippen LogP contribution in [0.2, 0.25) is 0 Å². The zero-order chi connectivity index (χ0) is 10.6. The van der Waals surface area contributed by atoms with Gasteiger partial charge in [0.1, 0.15) is 4.60 Å². The Bertz CT molecular complexity index is 275. The molecule has 0 amide bonds. The lowest BCUT2D eigenvalue weighted by atomic mass is 10.0. The van der Waals surface area contributed by atoms with Crippen molar-refractivity contribution in [2.24, 2.45) is 5.92 Å². The second-order valence-electron chi connectivity index (χ2n) is 3.77. The molecule has 1 heterocycles. The van der Waals surface area contributed by atoms with E-state index < -0.39 is 0 Å². The van der Waals surface area contributed by atoms with Crippen molar-refractivity contribution in [3.63, 3.8) is 0 Å². The second-order valence-corrected chi connectivity index (χ2v) is 5.44. The molecule has 0 aliphatic carbocycles. The Kier molecular flexibility index (Phi) is 4.89. The molecule has 0 saturated carbocycles. The molecule has 0 aromatic carbocycles. The normalized spacial score (nSPS) is 15.1. The summed E-state index contributed by atoms with van der Waals surface area (Å²) in [5.41, 5.74) is 0. The summed E-state index contributed by atoms with van der Waals surface area (Å²) in [6.07, 6.45) is 2.45. The monoisotopic (exact) mass is 276 g/mol. The van der Waals surface area contributed by atoms with Crippen LogP contribution in [0.5, 0.6) is 0 Å². The van der Waals surface area contributed by atoms with Crippen LogP contribution in [0.4, 0.5) is 5.13 Å². The zero-order valence-corrected chi connectivity index (χ0v) is 11.3. The van der Waals surface area contributed by atoms with E-state index in [0.717, 1.165) is 15.7 Å². The van der Waals surface area contributed by atoms with E-state index in [1.165, 1.54) is 12.8 Å². The maximum atomic E-state index is 4.31. The average Bonchev–Trinajstić information content (AvgIpc) is 2.50. The highest BCUT2D eigenvalue weighted by Gasteiger charge is 2.08. The van der Waals surface area contributed by atoms with Crippen LogP contribution in [0, 0.1) is 5.92 Å². The molecule has 1 aromatic rings. The molecule has 0 radical (unpaired) electrons. The molecule has 2 unspecified atom stereocenters. The third-order valence-electron chi connectivity index (χ3n) is 2.30. The Hall–Kier alpha value is -0.0900. The number of halogens is 1. The van der Waals surface area contributed by atoms with Crippen LogP contribution in [0.3, 0.4) is 0 Å². The van der Waals surface area contributed by atoms with Gasteiger partial charge in [0.15, 0.2) is 5.13 Å². The predicted octanol–water partition coefficient (Wildman–Crippen LogP) is 4.14. The summed E-state index contributed by atoms with van der Waals surface area (Å²) in [6, 6.07) is 0.503. The van der Waals surface area contributed by atoms with Crippen molar-refractivity contribution in [1.29, 1.82) is 0 Å². The number of thiazole rings is 1. The van der Waals surface area contributed by atoms with E-state index >= 15 is 0 Å². The van der Waals surface area contributed by atoms with E-state index in [2.05, 4.69) is 47.0 Å². The highest BCUT2D eigenvalue weighted by atomic mass is 79.9. The average molecular weight is 277 g/mol. The summed E-state index contributed by atoms with van der Waals surface area (Å²) in [4.78, 5) is 4.31. The van der Waals surface area contributed by atoms with Gasteiger partial charge in [-0.25, -0.2) is 4.98 Å². The van der Waals surface area contributed by atoms with Gasteiger partial charge in [-0.05, 0) is 35.2 Å². The van der Waals surface area contributed by atoms with Crippen LogP contribution in [0.15, 0.2) is 9.98 Å². The number of anilines is 1. The van der Waals surface area contributed by atoms with E-state index in [9.17, 15) is 0 Å². The first-order valence-corrected chi connectivity index (χ1v) is 6.66. The number of rotatable bonds is 5. The Morgan fingerprint density at radius 2 is 2.29 bits per heavy atom. The molecule has 80 valence electrons. The van der Waals surface area contributed by atoms with Gasteiger partial charge < -0.3 is 5.32 Å². The van der Waals surface area contributed by atoms with Crippen LogP contribution < -0.4 is 5.32 Å². The molecular weight excluding hydrogens is 260 g/mol. The van der Waals surface area contributed by atoms with Gasteiger partial charge in [-0.2, -0.15) is 0 Å². The Balaban J connectivity index is 2.37. The van der Waals surface area contributed by atoms with Crippen molar-refractivity contribution in [2.45, 2.75) is 39.7 Å². The van der Waals surface area contributed by atoms with E-state index in [1.807, 2.05) is 5.38 Å². The fourth-order valence-electron chi connectivity index (χ4n) is 1.36. The first-order valence-electron chi connectivity index (χ1n) is 4.99. The third kappa shape index (κ3) is 3.96. The molecular formula is C10H17BrN2S. The smallest absolute Gasteiger partial charge is 0.183 e. The van der Waals surface area contributed by atoms with Gasteiger partial charge in [0, 0.05) is 11.4 Å². The van der Waals surface area contributed by atoms with Crippen molar-refractivity contribution < 1.29 is 0 Å². The predicted molar refractivity (Wildman–Crippen MR) is 67.0 cm³/mol.